The van der Waals surface area contributed by atoms with Crippen molar-refractivity contribution >= 4 is 5.91 Å². The highest BCUT2D eigenvalue weighted by molar-refractivity contribution is 5.76. The quantitative estimate of drug-likeness (QED) is 0.547. The van der Waals surface area contributed by atoms with E-state index >= 15 is 0 Å². The summed E-state index contributed by atoms with van der Waals surface area (Å²) in [6.45, 7) is 0.616. The zero-order valence-corrected chi connectivity index (χ0v) is 6.05. The van der Waals surface area contributed by atoms with Crippen LogP contribution in [0.2, 0.25) is 0 Å². The second kappa shape index (κ2) is 2.38. The number of aromatic nitrogens is 2. The molecular formula is C7H9N3O. The van der Waals surface area contributed by atoms with Gasteiger partial charge in [-0.05, 0) is 6.42 Å². The van der Waals surface area contributed by atoms with Crippen molar-refractivity contribution in [1.82, 2.24) is 15.5 Å². The number of carbonyl (C=O) groups excluding carboxylic acids is 1. The van der Waals surface area contributed by atoms with Crippen LogP contribution >= 0.6 is 0 Å². The number of rotatable bonds is 0. The number of aromatic amines is 1. The first-order chi connectivity index (χ1) is 5.36. The molecule has 4 nitrogen and oxygen atoms in total. The summed E-state index contributed by atoms with van der Waals surface area (Å²) in [6, 6.07) is 0. The Hall–Kier alpha value is -1.32. The Morgan fingerprint density at radius 2 is 2.36 bits per heavy atom. The van der Waals surface area contributed by atoms with Gasteiger partial charge >= 0.3 is 0 Å². The minimum atomic E-state index is 0.120. The van der Waals surface area contributed by atoms with Crippen LogP contribution in [0.4, 0.5) is 0 Å². The minimum absolute atomic E-state index is 0.120. The largest absolute Gasteiger partial charge is 0.352 e. The first kappa shape index (κ1) is 6.39. The molecule has 1 aliphatic rings. The summed E-state index contributed by atoms with van der Waals surface area (Å²) in [5, 5.41) is 9.56. The molecule has 1 aromatic heterocycles. The van der Waals surface area contributed by atoms with Gasteiger partial charge in [0.2, 0.25) is 5.91 Å². The lowest BCUT2D eigenvalue weighted by atomic mass is 10.2. The molecule has 0 aromatic carbocycles. The average molecular weight is 151 g/mol. The molecule has 1 amide bonds. The van der Waals surface area contributed by atoms with Gasteiger partial charge in [-0.2, -0.15) is 5.10 Å². The molecule has 2 N–H and O–H groups in total. The molecule has 0 unspecified atom stereocenters. The van der Waals surface area contributed by atoms with E-state index in [4.69, 9.17) is 0 Å². The van der Waals surface area contributed by atoms with E-state index in [9.17, 15) is 4.79 Å². The summed E-state index contributed by atoms with van der Waals surface area (Å²) >= 11 is 0. The zero-order chi connectivity index (χ0) is 7.68. The average Bonchev–Trinajstić information content (AvgIpc) is 2.38. The summed E-state index contributed by atoms with van der Waals surface area (Å²) < 4.78 is 0. The van der Waals surface area contributed by atoms with Crippen molar-refractivity contribution in [2.24, 2.45) is 0 Å². The predicted molar refractivity (Wildman–Crippen MR) is 38.8 cm³/mol. The highest BCUT2D eigenvalue weighted by Crippen LogP contribution is 2.09. The first-order valence-electron chi connectivity index (χ1n) is 3.64. The predicted octanol–water partition coefficient (Wildman–Crippen LogP) is -0.0279. The molecule has 4 heteroatoms. The molecule has 0 bridgehead atoms. The molecule has 0 atom stereocenters. The van der Waals surface area contributed by atoms with E-state index in [1.165, 1.54) is 0 Å². The van der Waals surface area contributed by atoms with E-state index in [0.29, 0.717) is 13.0 Å². The van der Waals surface area contributed by atoms with E-state index in [1.54, 1.807) is 6.20 Å². The summed E-state index contributed by atoms with van der Waals surface area (Å²) in [5.74, 6) is 0.120. The number of fused-ring (bicyclic) bond motifs is 1. The number of hydrogen-bond acceptors (Lipinski definition) is 2. The van der Waals surface area contributed by atoms with E-state index in [1.807, 2.05) is 0 Å². The van der Waals surface area contributed by atoms with Crippen molar-refractivity contribution in [2.45, 2.75) is 19.4 Å². The maximum Gasteiger partial charge on any atom is 0.220 e. The van der Waals surface area contributed by atoms with Crippen molar-refractivity contribution in [2.75, 3.05) is 0 Å². The van der Waals surface area contributed by atoms with Gasteiger partial charge in [0.1, 0.15) is 0 Å². The smallest absolute Gasteiger partial charge is 0.220 e. The van der Waals surface area contributed by atoms with Crippen molar-refractivity contribution in [3.8, 4) is 0 Å². The Morgan fingerprint density at radius 1 is 1.45 bits per heavy atom. The molecule has 58 valence electrons. The summed E-state index contributed by atoms with van der Waals surface area (Å²) in [4.78, 5) is 10.9. The first-order valence-corrected chi connectivity index (χ1v) is 3.64. The van der Waals surface area contributed by atoms with Crippen molar-refractivity contribution < 1.29 is 4.79 Å². The molecule has 1 aliphatic heterocycles. The highest BCUT2D eigenvalue weighted by atomic mass is 16.1. The number of hydrogen-bond donors (Lipinski definition) is 2. The molecule has 0 radical (unpaired) electrons. The number of carbonyl (C=O) groups is 1. The number of aryl methyl sites for hydroxylation is 1. The lowest BCUT2D eigenvalue weighted by Gasteiger charge is -1.95. The van der Waals surface area contributed by atoms with Crippen LogP contribution in [-0.2, 0) is 17.8 Å². The fourth-order valence-electron chi connectivity index (χ4n) is 1.23. The molecule has 0 saturated heterocycles. The van der Waals surface area contributed by atoms with E-state index < -0.39 is 0 Å². The standard InChI is InChI=1S/C7H9N3O/c11-7-2-1-6-5(3-8-7)4-9-10-6/h4H,1-3H2,(H,8,11)(H,9,10). The molecule has 0 spiro atoms. The zero-order valence-electron chi connectivity index (χ0n) is 6.05. The summed E-state index contributed by atoms with van der Waals surface area (Å²) in [7, 11) is 0. The highest BCUT2D eigenvalue weighted by Gasteiger charge is 2.12. The lowest BCUT2D eigenvalue weighted by molar-refractivity contribution is -0.121. The van der Waals surface area contributed by atoms with E-state index in [2.05, 4.69) is 15.5 Å². The molecule has 0 fully saturated rings. The van der Waals surface area contributed by atoms with E-state index in [-0.39, 0.29) is 5.91 Å². The molecule has 1 aromatic rings. The van der Waals surface area contributed by atoms with Gasteiger partial charge in [0.25, 0.3) is 0 Å². The number of nitrogens with zero attached hydrogens (tertiary/aromatic N) is 1. The normalized spacial score (nSPS) is 16.9. The van der Waals surface area contributed by atoms with Crippen molar-refractivity contribution in [3.63, 3.8) is 0 Å². The van der Waals surface area contributed by atoms with Crippen molar-refractivity contribution in [3.05, 3.63) is 17.5 Å². The van der Waals surface area contributed by atoms with Gasteiger partial charge in [0, 0.05) is 24.2 Å². The Bertz CT molecular complexity index is 254. The third-order valence-electron chi connectivity index (χ3n) is 1.89. The Balaban J connectivity index is 2.27. The lowest BCUT2D eigenvalue weighted by Crippen LogP contribution is -2.20. The van der Waals surface area contributed by atoms with Gasteiger partial charge in [-0.15, -0.1) is 0 Å². The SMILES string of the molecule is O=C1CCc2[nH]ncc2CN1. The molecular weight excluding hydrogens is 142 g/mol. The van der Waals surface area contributed by atoms with Crippen LogP contribution in [0.5, 0.6) is 0 Å². The topological polar surface area (TPSA) is 57.8 Å². The van der Waals surface area contributed by atoms with Gasteiger partial charge in [0.15, 0.2) is 0 Å². The maximum absolute atomic E-state index is 10.9. The van der Waals surface area contributed by atoms with Gasteiger partial charge in [-0.3, -0.25) is 9.89 Å². The molecule has 11 heavy (non-hydrogen) atoms. The van der Waals surface area contributed by atoms with Gasteiger partial charge < -0.3 is 5.32 Å². The second-order valence-electron chi connectivity index (χ2n) is 2.65. The number of nitrogens with one attached hydrogen (secondary N) is 2. The van der Waals surface area contributed by atoms with Crippen molar-refractivity contribution in [1.29, 1.82) is 0 Å². The van der Waals surface area contributed by atoms with Crippen LogP contribution < -0.4 is 5.32 Å². The fraction of sp³-hybridized carbons (Fsp3) is 0.429. The van der Waals surface area contributed by atoms with Crippen LogP contribution in [0, 0.1) is 0 Å². The number of amides is 1. The van der Waals surface area contributed by atoms with Crippen LogP contribution in [0.3, 0.4) is 0 Å². The second-order valence-corrected chi connectivity index (χ2v) is 2.65. The maximum atomic E-state index is 10.9. The molecule has 0 aliphatic carbocycles. The van der Waals surface area contributed by atoms with Crippen LogP contribution in [-0.4, -0.2) is 16.1 Å². The summed E-state index contributed by atoms with van der Waals surface area (Å²) in [6.07, 6.45) is 3.11. The van der Waals surface area contributed by atoms with E-state index in [0.717, 1.165) is 17.7 Å². The fourth-order valence-corrected chi connectivity index (χ4v) is 1.23. The van der Waals surface area contributed by atoms with Crippen LogP contribution in [0.25, 0.3) is 0 Å². The minimum Gasteiger partial charge on any atom is -0.352 e. The summed E-state index contributed by atoms with van der Waals surface area (Å²) in [5.41, 5.74) is 2.19. The van der Waals surface area contributed by atoms with Gasteiger partial charge in [-0.1, -0.05) is 0 Å². The van der Waals surface area contributed by atoms with Crippen LogP contribution in [0.1, 0.15) is 17.7 Å². The number of H-pyrrole nitrogens is 1. The monoisotopic (exact) mass is 151 g/mol. The van der Waals surface area contributed by atoms with Gasteiger partial charge in [0.05, 0.1) is 6.20 Å². The third-order valence-corrected chi connectivity index (χ3v) is 1.89. The molecule has 0 saturated carbocycles. The van der Waals surface area contributed by atoms with Crippen LogP contribution in [0.15, 0.2) is 6.20 Å². The Kier molecular flexibility index (Phi) is 1.38. The van der Waals surface area contributed by atoms with Gasteiger partial charge in [-0.25, -0.2) is 0 Å². The third kappa shape index (κ3) is 1.11. The Morgan fingerprint density at radius 3 is 3.27 bits per heavy atom. The Labute approximate surface area is 64.0 Å². The molecule has 2 heterocycles. The molecule has 2 rings (SSSR count).